The van der Waals surface area contributed by atoms with Crippen LogP contribution in [-0.4, -0.2) is 18.3 Å². The van der Waals surface area contributed by atoms with Crippen LogP contribution in [0.25, 0.3) is 0 Å². The third-order valence-electron chi connectivity index (χ3n) is 2.94. The maximum absolute atomic E-state index is 6.10. The second kappa shape index (κ2) is 11.8. The molecule has 2 atom stereocenters. The molecule has 21 heavy (non-hydrogen) atoms. The van der Waals surface area contributed by atoms with Gasteiger partial charge in [0.2, 0.25) is 0 Å². The predicted molar refractivity (Wildman–Crippen MR) is 101 cm³/mol. The molecule has 0 radical (unpaired) electrons. The molecule has 0 saturated carbocycles. The Morgan fingerprint density at radius 3 is 1.10 bits per heavy atom. The topological polar surface area (TPSA) is 0 Å². The largest absolute Gasteiger partial charge is 0.192 e. The van der Waals surface area contributed by atoms with Crippen LogP contribution in [0.3, 0.4) is 0 Å². The van der Waals surface area contributed by atoms with Crippen LogP contribution in [0.4, 0.5) is 0 Å². The summed E-state index contributed by atoms with van der Waals surface area (Å²) in [6, 6.07) is 0. The van der Waals surface area contributed by atoms with Crippen molar-refractivity contribution in [2.45, 2.75) is 76.1 Å². The summed E-state index contributed by atoms with van der Waals surface area (Å²) in [5, 5.41) is -0.178. The molecule has 0 saturated heterocycles. The molecule has 0 rings (SSSR count). The van der Waals surface area contributed by atoms with E-state index in [1.54, 1.807) is 0 Å². The summed E-state index contributed by atoms with van der Waals surface area (Å²) in [5.41, 5.74) is 0. The lowest BCUT2D eigenvalue weighted by Crippen LogP contribution is -2.11. The van der Waals surface area contributed by atoms with Gasteiger partial charge in [-0.1, -0.05) is 102 Å². The summed E-state index contributed by atoms with van der Waals surface area (Å²) in [6.07, 6.45) is 7.91. The summed E-state index contributed by atoms with van der Waals surface area (Å²) < 4.78 is -2.52. The lowest BCUT2D eigenvalue weighted by atomic mass is 10.1. The molecule has 0 aromatic rings. The first-order valence-corrected chi connectivity index (χ1v) is 10.1. The molecule has 0 heterocycles. The van der Waals surface area contributed by atoms with Crippen molar-refractivity contribution in [3.63, 3.8) is 0 Å². The standard InChI is InChI=1S/C13H20Cl8/c14-10(8-12(16,17)18)6-4-2-1-3-5-7-11(15)9-13(19,20)21/h10-11H,1-9H2/t10-,11-/m1/s1. The van der Waals surface area contributed by atoms with Crippen LogP contribution in [0, 0.1) is 0 Å². The average molecular weight is 460 g/mol. The first-order valence-electron chi connectivity index (χ1n) is 6.91. The first kappa shape index (κ1) is 23.3. The van der Waals surface area contributed by atoms with Gasteiger partial charge in [-0.25, -0.2) is 0 Å². The molecule has 0 nitrogen and oxygen atoms in total. The monoisotopic (exact) mass is 456 g/mol. The van der Waals surface area contributed by atoms with Gasteiger partial charge >= 0.3 is 0 Å². The van der Waals surface area contributed by atoms with Crippen molar-refractivity contribution < 1.29 is 0 Å². The van der Waals surface area contributed by atoms with E-state index in [1.165, 1.54) is 0 Å². The van der Waals surface area contributed by atoms with Crippen LogP contribution >= 0.6 is 92.8 Å². The molecule has 128 valence electrons. The Labute approximate surface area is 168 Å². The summed E-state index contributed by atoms with van der Waals surface area (Å²) in [7, 11) is 0. The highest BCUT2D eigenvalue weighted by atomic mass is 35.6. The van der Waals surface area contributed by atoms with Crippen LogP contribution in [0.5, 0.6) is 0 Å². The van der Waals surface area contributed by atoms with Gasteiger partial charge in [0, 0.05) is 23.6 Å². The minimum absolute atomic E-state index is 0.0889. The van der Waals surface area contributed by atoms with E-state index in [1.807, 2.05) is 0 Å². The maximum atomic E-state index is 6.10. The smallest absolute Gasteiger partial charge is 0.123 e. The van der Waals surface area contributed by atoms with E-state index in [2.05, 4.69) is 0 Å². The molecule has 0 spiro atoms. The fraction of sp³-hybridized carbons (Fsp3) is 1.00. The Balaban J connectivity index is 3.45. The van der Waals surface area contributed by atoms with Crippen molar-refractivity contribution in [2.75, 3.05) is 0 Å². The fourth-order valence-electron chi connectivity index (χ4n) is 1.97. The third-order valence-corrected chi connectivity index (χ3v) is 4.61. The summed E-state index contributed by atoms with van der Waals surface area (Å²) in [4.78, 5) is 0. The molecule has 8 heteroatoms. The fourth-order valence-corrected chi connectivity index (χ4v) is 4.33. The molecule has 0 amide bonds. The minimum atomic E-state index is -1.26. The summed E-state index contributed by atoms with van der Waals surface area (Å²) in [6.45, 7) is 0. The number of hydrogen-bond acceptors (Lipinski definition) is 0. The van der Waals surface area contributed by atoms with E-state index in [0.717, 1.165) is 44.9 Å². The van der Waals surface area contributed by atoms with Crippen LogP contribution in [-0.2, 0) is 0 Å². The average Bonchev–Trinajstić information content (AvgIpc) is 2.22. The third kappa shape index (κ3) is 18.5. The highest BCUT2D eigenvalue weighted by molar-refractivity contribution is 6.68. The van der Waals surface area contributed by atoms with Gasteiger partial charge in [-0.2, -0.15) is 0 Å². The highest BCUT2D eigenvalue weighted by Crippen LogP contribution is 2.35. The number of rotatable bonds is 10. The molecular formula is C13H20Cl8. The van der Waals surface area contributed by atoms with E-state index in [-0.39, 0.29) is 10.8 Å². The van der Waals surface area contributed by atoms with Gasteiger partial charge in [-0.05, 0) is 12.8 Å². The van der Waals surface area contributed by atoms with Gasteiger partial charge in [-0.3, -0.25) is 0 Å². The molecule has 0 N–H and O–H groups in total. The number of alkyl halides is 8. The lowest BCUT2D eigenvalue weighted by Gasteiger charge is -2.16. The SMILES string of the molecule is Cl[C@H](CCCCCCC[C@@H](Cl)CC(Cl)(Cl)Cl)CC(Cl)(Cl)Cl. The molecule has 0 aromatic carbocycles. The molecule has 0 aliphatic carbocycles. The zero-order valence-electron chi connectivity index (χ0n) is 11.5. The Kier molecular flexibility index (Phi) is 13.1. The van der Waals surface area contributed by atoms with Gasteiger partial charge in [0.15, 0.2) is 7.59 Å². The second-order valence-electron chi connectivity index (χ2n) is 5.18. The molecular weight excluding hydrogens is 440 g/mol. The highest BCUT2D eigenvalue weighted by Gasteiger charge is 2.24. The van der Waals surface area contributed by atoms with Crippen molar-refractivity contribution >= 4 is 92.8 Å². The zero-order valence-corrected chi connectivity index (χ0v) is 17.6. The zero-order chi connectivity index (χ0) is 16.5. The van der Waals surface area contributed by atoms with E-state index in [0.29, 0.717) is 12.8 Å². The molecule has 0 aromatic heterocycles. The number of halogens is 8. The Hall–Kier alpha value is 2.32. The molecule has 0 bridgehead atoms. The predicted octanol–water partition coefficient (Wildman–Crippen LogP) is 8.45. The van der Waals surface area contributed by atoms with Crippen molar-refractivity contribution in [1.29, 1.82) is 0 Å². The van der Waals surface area contributed by atoms with E-state index < -0.39 is 7.59 Å². The van der Waals surface area contributed by atoms with Gasteiger partial charge in [0.25, 0.3) is 0 Å². The number of hydrogen-bond donors (Lipinski definition) is 0. The molecule has 0 aliphatic heterocycles. The van der Waals surface area contributed by atoms with Crippen molar-refractivity contribution in [3.05, 3.63) is 0 Å². The molecule has 0 unspecified atom stereocenters. The maximum Gasteiger partial charge on any atom is 0.192 e. The quantitative estimate of drug-likeness (QED) is 0.227. The normalized spacial score (nSPS) is 16.0. The number of unbranched alkanes of at least 4 members (excludes halogenated alkanes) is 4. The van der Waals surface area contributed by atoms with Crippen molar-refractivity contribution in [2.24, 2.45) is 0 Å². The molecule has 0 aliphatic rings. The Morgan fingerprint density at radius 2 is 0.810 bits per heavy atom. The summed E-state index contributed by atoms with van der Waals surface area (Å²) >= 11 is 46.3. The first-order chi connectivity index (χ1) is 9.49. The van der Waals surface area contributed by atoms with Crippen LogP contribution in [0.15, 0.2) is 0 Å². The minimum Gasteiger partial charge on any atom is -0.123 e. The van der Waals surface area contributed by atoms with Gasteiger partial charge < -0.3 is 0 Å². The van der Waals surface area contributed by atoms with Crippen molar-refractivity contribution in [1.82, 2.24) is 0 Å². The van der Waals surface area contributed by atoms with Crippen LogP contribution in [0.2, 0.25) is 0 Å². The van der Waals surface area contributed by atoms with Crippen LogP contribution < -0.4 is 0 Å². The molecule has 0 fully saturated rings. The Bertz CT molecular complexity index is 232. The van der Waals surface area contributed by atoms with Crippen molar-refractivity contribution in [3.8, 4) is 0 Å². The lowest BCUT2D eigenvalue weighted by molar-refractivity contribution is 0.552. The van der Waals surface area contributed by atoms with Gasteiger partial charge in [0.05, 0.1) is 0 Å². The Morgan fingerprint density at radius 1 is 0.524 bits per heavy atom. The second-order valence-corrected chi connectivity index (χ2v) is 11.4. The van der Waals surface area contributed by atoms with Crippen LogP contribution in [0.1, 0.15) is 57.8 Å². The van der Waals surface area contributed by atoms with E-state index in [4.69, 9.17) is 92.8 Å². The summed E-state index contributed by atoms with van der Waals surface area (Å²) in [5.74, 6) is 0. The van der Waals surface area contributed by atoms with Gasteiger partial charge in [-0.15, -0.1) is 23.2 Å². The van der Waals surface area contributed by atoms with Gasteiger partial charge in [0.1, 0.15) is 0 Å². The van der Waals surface area contributed by atoms with E-state index >= 15 is 0 Å². The van der Waals surface area contributed by atoms with E-state index in [9.17, 15) is 0 Å².